The lowest BCUT2D eigenvalue weighted by molar-refractivity contribution is -0.145. The van der Waals surface area contributed by atoms with Crippen molar-refractivity contribution in [2.45, 2.75) is 6.92 Å². The van der Waals surface area contributed by atoms with Crippen LogP contribution in [-0.4, -0.2) is 19.2 Å². The summed E-state index contributed by atoms with van der Waals surface area (Å²) in [5.41, 5.74) is 0. The van der Waals surface area contributed by atoms with Gasteiger partial charge in [0.25, 0.3) is 0 Å². The third kappa shape index (κ3) is 3.53. The first-order chi connectivity index (χ1) is 7.13. The molecule has 0 saturated heterocycles. The minimum atomic E-state index is -1.02. The number of benzene rings is 1. The maximum Gasteiger partial charge on any atom is 0.344 e. The van der Waals surface area contributed by atoms with Gasteiger partial charge in [0.2, 0.25) is 0 Å². The minimum Gasteiger partial charge on any atom is -0.482 e. The molecule has 5 heteroatoms. The number of halogens is 2. The number of carbonyl (C=O) groups excluding carboxylic acids is 1. The Kier molecular flexibility index (Phi) is 4.03. The third-order valence-electron chi connectivity index (χ3n) is 1.55. The molecule has 0 aliphatic rings. The maximum atomic E-state index is 12.7. The summed E-state index contributed by atoms with van der Waals surface area (Å²) in [6, 6.07) is 3.03. The van der Waals surface area contributed by atoms with E-state index >= 15 is 0 Å². The molecule has 0 radical (unpaired) electrons. The van der Waals surface area contributed by atoms with Gasteiger partial charge in [-0.2, -0.15) is 0 Å². The van der Waals surface area contributed by atoms with Crippen molar-refractivity contribution in [1.29, 1.82) is 0 Å². The fourth-order valence-electron chi connectivity index (χ4n) is 0.912. The fourth-order valence-corrected chi connectivity index (χ4v) is 0.912. The highest BCUT2D eigenvalue weighted by Crippen LogP contribution is 2.15. The second-order valence-electron chi connectivity index (χ2n) is 2.67. The highest BCUT2D eigenvalue weighted by atomic mass is 19.2. The van der Waals surface area contributed by atoms with Gasteiger partial charge in [0.05, 0.1) is 6.61 Å². The van der Waals surface area contributed by atoms with Crippen molar-refractivity contribution in [3.63, 3.8) is 0 Å². The summed E-state index contributed by atoms with van der Waals surface area (Å²) in [6.07, 6.45) is 0. The van der Waals surface area contributed by atoms with Crippen molar-refractivity contribution < 1.29 is 23.0 Å². The van der Waals surface area contributed by atoms with Crippen LogP contribution in [0.1, 0.15) is 6.92 Å². The van der Waals surface area contributed by atoms with Crippen molar-refractivity contribution in [2.24, 2.45) is 0 Å². The number of hydrogen-bond acceptors (Lipinski definition) is 3. The van der Waals surface area contributed by atoms with E-state index in [1.807, 2.05) is 0 Å². The molecule has 0 aliphatic heterocycles. The molecule has 15 heavy (non-hydrogen) atoms. The highest BCUT2D eigenvalue weighted by Gasteiger charge is 2.06. The lowest BCUT2D eigenvalue weighted by Crippen LogP contribution is -2.14. The predicted molar refractivity (Wildman–Crippen MR) is 48.5 cm³/mol. The number of esters is 1. The molecule has 0 saturated carbocycles. The Hall–Kier alpha value is -1.65. The summed E-state index contributed by atoms with van der Waals surface area (Å²) < 4.78 is 34.6. The van der Waals surface area contributed by atoms with Crippen LogP contribution in [0.25, 0.3) is 0 Å². The van der Waals surface area contributed by atoms with E-state index < -0.39 is 17.6 Å². The van der Waals surface area contributed by atoms with E-state index in [0.29, 0.717) is 0 Å². The first-order valence-corrected chi connectivity index (χ1v) is 4.37. The van der Waals surface area contributed by atoms with E-state index in [2.05, 4.69) is 4.74 Å². The quantitative estimate of drug-likeness (QED) is 0.721. The smallest absolute Gasteiger partial charge is 0.344 e. The number of ether oxygens (including phenoxy) is 2. The standard InChI is InChI=1S/C10H10F2O3/c1-2-14-10(13)6-15-7-3-4-8(11)9(12)5-7/h3-5H,2,6H2,1H3. The van der Waals surface area contributed by atoms with E-state index in [1.165, 1.54) is 6.07 Å². The van der Waals surface area contributed by atoms with Gasteiger partial charge in [-0.05, 0) is 19.1 Å². The topological polar surface area (TPSA) is 35.5 Å². The molecule has 3 nitrogen and oxygen atoms in total. The van der Waals surface area contributed by atoms with Crippen LogP contribution in [0.5, 0.6) is 5.75 Å². The van der Waals surface area contributed by atoms with Crippen LogP contribution < -0.4 is 4.74 Å². The van der Waals surface area contributed by atoms with Gasteiger partial charge in [-0.25, -0.2) is 13.6 Å². The van der Waals surface area contributed by atoms with Gasteiger partial charge in [-0.3, -0.25) is 0 Å². The molecule has 1 rings (SSSR count). The van der Waals surface area contributed by atoms with Crippen molar-refractivity contribution in [1.82, 2.24) is 0 Å². The molecule has 1 aromatic rings. The first-order valence-electron chi connectivity index (χ1n) is 4.37. The van der Waals surface area contributed by atoms with Gasteiger partial charge in [0.1, 0.15) is 5.75 Å². The Labute approximate surface area is 85.6 Å². The molecule has 0 aromatic heterocycles. The molecule has 0 fully saturated rings. The van der Waals surface area contributed by atoms with Gasteiger partial charge in [0, 0.05) is 6.07 Å². The lowest BCUT2D eigenvalue weighted by atomic mass is 10.3. The van der Waals surface area contributed by atoms with Crippen LogP contribution in [0, 0.1) is 11.6 Å². The zero-order valence-corrected chi connectivity index (χ0v) is 8.13. The summed E-state index contributed by atoms with van der Waals surface area (Å²) in [4.78, 5) is 10.9. The van der Waals surface area contributed by atoms with Crippen molar-refractivity contribution in [3.8, 4) is 5.75 Å². The van der Waals surface area contributed by atoms with E-state index in [4.69, 9.17) is 4.74 Å². The van der Waals surface area contributed by atoms with Gasteiger partial charge in [-0.1, -0.05) is 0 Å². The molecule has 0 heterocycles. The zero-order chi connectivity index (χ0) is 11.3. The van der Waals surface area contributed by atoms with E-state index in [0.717, 1.165) is 12.1 Å². The summed E-state index contributed by atoms with van der Waals surface area (Å²) in [7, 11) is 0. The lowest BCUT2D eigenvalue weighted by Gasteiger charge is -2.05. The van der Waals surface area contributed by atoms with Crippen LogP contribution in [0.3, 0.4) is 0 Å². The largest absolute Gasteiger partial charge is 0.482 e. The number of carbonyl (C=O) groups is 1. The summed E-state index contributed by atoms with van der Waals surface area (Å²) in [6.45, 7) is 1.59. The molecule has 0 atom stereocenters. The second kappa shape index (κ2) is 5.29. The maximum absolute atomic E-state index is 12.7. The molecule has 0 amide bonds. The van der Waals surface area contributed by atoms with Gasteiger partial charge < -0.3 is 9.47 Å². The molecule has 0 aliphatic carbocycles. The average molecular weight is 216 g/mol. The van der Waals surface area contributed by atoms with Crippen LogP contribution >= 0.6 is 0 Å². The van der Waals surface area contributed by atoms with Crippen molar-refractivity contribution >= 4 is 5.97 Å². The van der Waals surface area contributed by atoms with Crippen LogP contribution in [0.2, 0.25) is 0 Å². The molecule has 82 valence electrons. The van der Waals surface area contributed by atoms with Crippen LogP contribution in [0.15, 0.2) is 18.2 Å². The second-order valence-corrected chi connectivity index (χ2v) is 2.67. The van der Waals surface area contributed by atoms with Gasteiger partial charge in [0.15, 0.2) is 18.2 Å². The molecule has 0 unspecified atom stereocenters. The predicted octanol–water partition coefficient (Wildman–Crippen LogP) is 1.91. The van der Waals surface area contributed by atoms with Crippen LogP contribution in [0.4, 0.5) is 8.78 Å². The fraction of sp³-hybridized carbons (Fsp3) is 0.300. The molecule has 0 N–H and O–H groups in total. The Bertz CT molecular complexity index is 353. The Balaban J connectivity index is 2.51. The van der Waals surface area contributed by atoms with Gasteiger partial charge >= 0.3 is 5.97 Å². The third-order valence-corrected chi connectivity index (χ3v) is 1.55. The normalized spacial score (nSPS) is 9.80. The minimum absolute atomic E-state index is 0.0851. The SMILES string of the molecule is CCOC(=O)COc1ccc(F)c(F)c1. The Morgan fingerprint density at radius 2 is 2.07 bits per heavy atom. The highest BCUT2D eigenvalue weighted by molar-refractivity contribution is 5.71. The van der Waals surface area contributed by atoms with Crippen molar-refractivity contribution in [2.75, 3.05) is 13.2 Å². The monoisotopic (exact) mass is 216 g/mol. The molecular formula is C10H10F2O3. The molecular weight excluding hydrogens is 206 g/mol. The summed E-state index contributed by atoms with van der Waals surface area (Å²) in [5, 5.41) is 0. The molecule has 1 aromatic carbocycles. The number of rotatable bonds is 4. The summed E-state index contributed by atoms with van der Waals surface area (Å²) in [5.74, 6) is -2.45. The Morgan fingerprint density at radius 1 is 1.33 bits per heavy atom. The first kappa shape index (κ1) is 11.4. The van der Waals surface area contributed by atoms with Crippen LogP contribution in [-0.2, 0) is 9.53 Å². The van der Waals surface area contributed by atoms with E-state index in [9.17, 15) is 13.6 Å². The molecule has 0 bridgehead atoms. The average Bonchev–Trinajstić information content (AvgIpc) is 2.20. The van der Waals surface area contributed by atoms with Gasteiger partial charge in [-0.15, -0.1) is 0 Å². The Morgan fingerprint density at radius 3 is 2.67 bits per heavy atom. The van der Waals surface area contributed by atoms with E-state index in [1.54, 1.807) is 6.92 Å². The molecule has 0 spiro atoms. The van der Waals surface area contributed by atoms with Crippen molar-refractivity contribution in [3.05, 3.63) is 29.8 Å². The number of hydrogen-bond donors (Lipinski definition) is 0. The summed E-state index contributed by atoms with van der Waals surface area (Å²) >= 11 is 0. The van der Waals surface area contributed by atoms with E-state index in [-0.39, 0.29) is 19.0 Å². The zero-order valence-electron chi connectivity index (χ0n) is 8.13.